The molecule has 6 heteroatoms. The van der Waals surface area contributed by atoms with Crippen molar-refractivity contribution in [3.8, 4) is 5.75 Å². The van der Waals surface area contributed by atoms with Gasteiger partial charge in [0, 0.05) is 23.5 Å². The molecule has 1 aliphatic heterocycles. The first-order valence-electron chi connectivity index (χ1n) is 12.4. The maximum absolute atomic E-state index is 13.7. The number of amides is 2. The van der Waals surface area contributed by atoms with Gasteiger partial charge in [0.15, 0.2) is 0 Å². The van der Waals surface area contributed by atoms with Crippen LogP contribution in [-0.2, 0) is 11.2 Å². The molecule has 1 saturated carbocycles. The van der Waals surface area contributed by atoms with Gasteiger partial charge in [-0.05, 0) is 79.8 Å². The summed E-state index contributed by atoms with van der Waals surface area (Å²) in [7, 11) is 0. The van der Waals surface area contributed by atoms with Crippen molar-refractivity contribution in [3.05, 3.63) is 87.1 Å². The molecule has 1 atom stereocenters. The van der Waals surface area contributed by atoms with E-state index < -0.39 is 0 Å². The van der Waals surface area contributed by atoms with Gasteiger partial charge in [0.2, 0.25) is 5.91 Å². The van der Waals surface area contributed by atoms with Crippen LogP contribution >= 0.6 is 11.3 Å². The lowest BCUT2D eigenvalue weighted by atomic mass is 10.00. The number of aryl methyl sites for hydroxylation is 2. The summed E-state index contributed by atoms with van der Waals surface area (Å²) < 4.78 is 6.15. The average molecular weight is 489 g/mol. The van der Waals surface area contributed by atoms with Gasteiger partial charge in [-0.15, -0.1) is 11.3 Å². The molecule has 0 saturated heterocycles. The number of rotatable bonds is 8. The van der Waals surface area contributed by atoms with Gasteiger partial charge in [-0.2, -0.15) is 0 Å². The monoisotopic (exact) mass is 488 g/mol. The molecule has 35 heavy (non-hydrogen) atoms. The molecule has 5 nitrogen and oxygen atoms in total. The summed E-state index contributed by atoms with van der Waals surface area (Å²) >= 11 is 1.74. The molecule has 1 aliphatic carbocycles. The Labute approximate surface area is 211 Å². The summed E-state index contributed by atoms with van der Waals surface area (Å²) in [6.45, 7) is 5.78. The van der Waals surface area contributed by atoms with Crippen LogP contribution in [0.3, 0.4) is 0 Å². The highest BCUT2D eigenvalue weighted by atomic mass is 32.1. The van der Waals surface area contributed by atoms with Crippen molar-refractivity contribution in [2.24, 2.45) is 5.92 Å². The van der Waals surface area contributed by atoms with Crippen LogP contribution in [0.4, 0.5) is 0 Å². The highest BCUT2D eigenvalue weighted by Crippen LogP contribution is 2.35. The molecule has 1 fully saturated rings. The topological polar surface area (TPSA) is 49.9 Å². The van der Waals surface area contributed by atoms with Crippen molar-refractivity contribution in [1.29, 1.82) is 0 Å². The van der Waals surface area contributed by atoms with Crippen molar-refractivity contribution < 1.29 is 14.3 Å². The number of hydrogen-bond donors (Lipinski definition) is 0. The molecular weight excluding hydrogens is 456 g/mol. The predicted octanol–water partition coefficient (Wildman–Crippen LogP) is 5.42. The Hall–Kier alpha value is -3.12. The fourth-order valence-corrected chi connectivity index (χ4v) is 5.68. The van der Waals surface area contributed by atoms with Crippen LogP contribution in [0.15, 0.2) is 60.0 Å². The predicted molar refractivity (Wildman–Crippen MR) is 139 cm³/mol. The Kier molecular flexibility index (Phi) is 6.91. The van der Waals surface area contributed by atoms with E-state index in [0.29, 0.717) is 31.2 Å². The van der Waals surface area contributed by atoms with Gasteiger partial charge in [-0.3, -0.25) is 9.59 Å². The zero-order valence-electron chi connectivity index (χ0n) is 20.4. The Morgan fingerprint density at radius 3 is 2.57 bits per heavy atom. The fourth-order valence-electron chi connectivity index (χ4n) is 4.75. The highest BCUT2D eigenvalue weighted by Gasteiger charge is 2.35. The number of ether oxygens (including phenoxy) is 1. The van der Waals surface area contributed by atoms with E-state index in [1.807, 2.05) is 60.4 Å². The van der Waals surface area contributed by atoms with E-state index in [0.717, 1.165) is 30.6 Å². The smallest absolute Gasteiger partial charge is 0.254 e. The maximum atomic E-state index is 13.7. The van der Waals surface area contributed by atoms with Crippen LogP contribution < -0.4 is 4.74 Å². The minimum Gasteiger partial charge on any atom is -0.491 e. The number of nitrogens with zero attached hydrogens (tertiary/aromatic N) is 2. The maximum Gasteiger partial charge on any atom is 0.254 e. The van der Waals surface area contributed by atoms with Crippen molar-refractivity contribution in [2.75, 3.05) is 26.2 Å². The molecule has 0 spiro atoms. The summed E-state index contributed by atoms with van der Waals surface area (Å²) in [5.41, 5.74) is 3.97. The molecule has 2 aliphatic rings. The van der Waals surface area contributed by atoms with Crippen LogP contribution in [0.25, 0.3) is 0 Å². The quantitative estimate of drug-likeness (QED) is 0.425. The number of thiophene rings is 1. The number of carbonyl (C=O) groups excluding carboxylic acids is 2. The summed E-state index contributed by atoms with van der Waals surface area (Å²) in [5.74, 6) is 1.24. The average Bonchev–Trinajstić information content (AvgIpc) is 3.55. The largest absolute Gasteiger partial charge is 0.491 e. The Morgan fingerprint density at radius 1 is 1.06 bits per heavy atom. The summed E-state index contributed by atoms with van der Waals surface area (Å²) in [6, 6.07) is 17.6. The van der Waals surface area contributed by atoms with Gasteiger partial charge in [-0.1, -0.05) is 35.9 Å². The summed E-state index contributed by atoms with van der Waals surface area (Å²) in [5, 5.41) is 2.10. The molecule has 0 unspecified atom stereocenters. The van der Waals surface area contributed by atoms with Crippen molar-refractivity contribution in [2.45, 2.75) is 39.2 Å². The van der Waals surface area contributed by atoms with Crippen LogP contribution in [-0.4, -0.2) is 47.9 Å². The van der Waals surface area contributed by atoms with Gasteiger partial charge in [0.25, 0.3) is 5.91 Å². The molecular formula is C29H32N2O3S. The molecule has 3 aromatic rings. The van der Waals surface area contributed by atoms with E-state index in [-0.39, 0.29) is 24.4 Å². The van der Waals surface area contributed by atoms with Crippen LogP contribution in [0.5, 0.6) is 5.75 Å². The molecule has 0 bridgehead atoms. The second-order valence-electron chi connectivity index (χ2n) is 9.72. The van der Waals surface area contributed by atoms with E-state index in [9.17, 15) is 9.59 Å². The zero-order chi connectivity index (χ0) is 24.4. The normalized spacial score (nSPS) is 17.1. The zero-order valence-corrected chi connectivity index (χ0v) is 21.2. The molecule has 5 rings (SSSR count). The third-order valence-electron chi connectivity index (χ3n) is 7.01. The van der Waals surface area contributed by atoms with Crippen LogP contribution in [0.1, 0.15) is 50.8 Å². The lowest BCUT2D eigenvalue weighted by Crippen LogP contribution is -2.48. The molecule has 0 radical (unpaired) electrons. The van der Waals surface area contributed by atoms with E-state index in [2.05, 4.69) is 18.4 Å². The second-order valence-corrected chi connectivity index (χ2v) is 10.7. The number of carbonyl (C=O) groups is 2. The van der Waals surface area contributed by atoms with Gasteiger partial charge in [0.05, 0.1) is 6.04 Å². The number of benzene rings is 2. The molecule has 2 heterocycles. The summed E-state index contributed by atoms with van der Waals surface area (Å²) in [4.78, 5) is 32.2. The Balaban J connectivity index is 1.34. The van der Waals surface area contributed by atoms with Crippen molar-refractivity contribution in [3.63, 3.8) is 0 Å². The molecule has 0 N–H and O–H groups in total. The minimum absolute atomic E-state index is 0.0121. The third-order valence-corrected chi connectivity index (χ3v) is 8.00. The van der Waals surface area contributed by atoms with Crippen LogP contribution in [0, 0.1) is 19.8 Å². The van der Waals surface area contributed by atoms with Gasteiger partial charge < -0.3 is 14.5 Å². The van der Waals surface area contributed by atoms with Gasteiger partial charge in [-0.25, -0.2) is 0 Å². The first kappa shape index (κ1) is 23.6. The van der Waals surface area contributed by atoms with Crippen molar-refractivity contribution in [1.82, 2.24) is 9.80 Å². The van der Waals surface area contributed by atoms with E-state index >= 15 is 0 Å². The van der Waals surface area contributed by atoms with Crippen molar-refractivity contribution >= 4 is 23.2 Å². The fraction of sp³-hybridized carbons (Fsp3) is 0.379. The number of fused-ring (bicyclic) bond motifs is 1. The molecule has 2 amide bonds. The minimum atomic E-state index is -0.157. The van der Waals surface area contributed by atoms with E-state index in [4.69, 9.17) is 4.74 Å². The third kappa shape index (κ3) is 5.43. The second kappa shape index (κ2) is 10.2. The standard InChI is InChI=1S/C29H32N2O3S/c1-20-7-11-23(12-8-20)34-19-26-25-14-16-35-27(25)13-15-31(26)28(32)18-30(17-22-9-10-22)29(33)24-6-4-3-5-21(24)2/h3-8,11-12,14,16,22,26H,9-10,13,15,17-19H2,1-2H3/t26-/m1/s1. The van der Waals surface area contributed by atoms with E-state index in [1.54, 1.807) is 16.2 Å². The first-order valence-corrected chi connectivity index (χ1v) is 13.3. The summed E-state index contributed by atoms with van der Waals surface area (Å²) in [6.07, 6.45) is 3.09. The van der Waals surface area contributed by atoms with Gasteiger partial charge >= 0.3 is 0 Å². The Bertz CT molecular complexity index is 1200. The SMILES string of the molecule is Cc1ccc(OC[C@@H]2c3ccsc3CCN2C(=O)CN(CC2CC2)C(=O)c2ccccc2C)cc1. The van der Waals surface area contributed by atoms with E-state index in [1.165, 1.54) is 16.0 Å². The van der Waals surface area contributed by atoms with Crippen LogP contribution in [0.2, 0.25) is 0 Å². The molecule has 1 aromatic heterocycles. The lowest BCUT2D eigenvalue weighted by Gasteiger charge is -2.37. The molecule has 2 aromatic carbocycles. The number of hydrogen-bond acceptors (Lipinski definition) is 4. The Morgan fingerprint density at radius 2 is 1.83 bits per heavy atom. The lowest BCUT2D eigenvalue weighted by molar-refractivity contribution is -0.135. The first-order chi connectivity index (χ1) is 17.0. The molecule has 182 valence electrons. The highest BCUT2D eigenvalue weighted by molar-refractivity contribution is 7.10. The van der Waals surface area contributed by atoms with Gasteiger partial charge in [0.1, 0.15) is 18.9 Å².